The van der Waals surface area contributed by atoms with Crippen LogP contribution in [-0.2, 0) is 21.2 Å². The van der Waals surface area contributed by atoms with Crippen LogP contribution in [0.1, 0.15) is 18.4 Å². The summed E-state index contributed by atoms with van der Waals surface area (Å²) in [6.45, 7) is 0. The summed E-state index contributed by atoms with van der Waals surface area (Å²) in [5.41, 5.74) is 5.76. The second-order valence-electron chi connectivity index (χ2n) is 4.18. The molecule has 1 amide bonds. The number of sulfonamides is 1. The predicted molar refractivity (Wildman–Crippen MR) is 62.7 cm³/mol. The van der Waals surface area contributed by atoms with E-state index in [1.807, 2.05) is 0 Å². The van der Waals surface area contributed by atoms with Crippen molar-refractivity contribution in [1.29, 1.82) is 0 Å². The van der Waals surface area contributed by atoms with Crippen molar-refractivity contribution in [1.82, 2.24) is 4.72 Å². The maximum Gasteiger partial charge on any atom is 0.240 e. The number of nitrogens with one attached hydrogen (secondary N) is 1. The summed E-state index contributed by atoms with van der Waals surface area (Å²) in [6.07, 6.45) is 1.92. The summed E-state index contributed by atoms with van der Waals surface area (Å²) in [7, 11) is -3.41. The first kappa shape index (κ1) is 12.1. The lowest BCUT2D eigenvalue weighted by atomic mass is 10.1. The molecule has 1 aromatic carbocycles. The minimum absolute atomic E-state index is 0.0882. The molecule has 0 saturated heterocycles. The molecule has 0 atom stereocenters. The van der Waals surface area contributed by atoms with Crippen LogP contribution in [0.25, 0.3) is 0 Å². The van der Waals surface area contributed by atoms with E-state index in [9.17, 15) is 13.2 Å². The van der Waals surface area contributed by atoms with Gasteiger partial charge in [-0.1, -0.05) is 12.1 Å². The normalized spacial score (nSPS) is 15.8. The summed E-state index contributed by atoms with van der Waals surface area (Å²) in [6, 6.07) is 6.27. The first-order valence-electron chi connectivity index (χ1n) is 5.37. The third kappa shape index (κ3) is 3.28. The van der Waals surface area contributed by atoms with Crippen molar-refractivity contribution in [2.75, 3.05) is 0 Å². The van der Waals surface area contributed by atoms with Gasteiger partial charge in [0.15, 0.2) is 0 Å². The Balaban J connectivity index is 2.13. The lowest BCUT2D eigenvalue weighted by Gasteiger charge is -2.05. The molecule has 0 unspecified atom stereocenters. The Kier molecular flexibility index (Phi) is 3.17. The summed E-state index contributed by atoms with van der Waals surface area (Å²) in [5.74, 6) is -0.434. The molecule has 3 N–H and O–H groups in total. The van der Waals surface area contributed by atoms with Crippen LogP contribution in [-0.4, -0.2) is 20.4 Å². The average Bonchev–Trinajstić information content (AvgIpc) is 3.01. The number of nitrogens with two attached hydrogens (primary N) is 1. The Morgan fingerprint density at radius 3 is 2.35 bits per heavy atom. The Labute approximate surface area is 100 Å². The molecular weight excluding hydrogens is 240 g/mol. The molecule has 0 aliphatic heterocycles. The summed E-state index contributed by atoms with van der Waals surface area (Å²) in [4.78, 5) is 10.9. The SMILES string of the molecule is NC(=O)Cc1ccc(S(=O)(=O)NC2CC2)cc1. The van der Waals surface area contributed by atoms with Crippen LogP contribution in [0.5, 0.6) is 0 Å². The Bertz CT molecular complexity index is 518. The molecular formula is C11H14N2O3S. The van der Waals surface area contributed by atoms with Crippen LogP contribution in [0.2, 0.25) is 0 Å². The highest BCUT2D eigenvalue weighted by molar-refractivity contribution is 7.89. The first-order valence-corrected chi connectivity index (χ1v) is 6.85. The van der Waals surface area contributed by atoms with Gasteiger partial charge in [0.25, 0.3) is 0 Å². The predicted octanol–water partition coefficient (Wildman–Crippen LogP) is 0.155. The highest BCUT2D eigenvalue weighted by Crippen LogP contribution is 2.22. The largest absolute Gasteiger partial charge is 0.369 e. The van der Waals surface area contributed by atoms with Crippen molar-refractivity contribution in [3.8, 4) is 0 Å². The van der Waals surface area contributed by atoms with E-state index in [2.05, 4.69) is 4.72 Å². The third-order valence-electron chi connectivity index (χ3n) is 2.51. The van der Waals surface area contributed by atoms with Gasteiger partial charge in [-0.3, -0.25) is 4.79 Å². The summed E-state index contributed by atoms with van der Waals surface area (Å²) in [5, 5.41) is 0. The van der Waals surface area contributed by atoms with E-state index in [0.29, 0.717) is 5.56 Å². The molecule has 1 fully saturated rings. The van der Waals surface area contributed by atoms with Crippen LogP contribution in [0, 0.1) is 0 Å². The number of primary amides is 1. The van der Waals surface area contributed by atoms with E-state index in [1.165, 1.54) is 12.1 Å². The van der Waals surface area contributed by atoms with Crippen molar-refractivity contribution >= 4 is 15.9 Å². The maximum atomic E-state index is 11.8. The lowest BCUT2D eigenvalue weighted by Crippen LogP contribution is -2.25. The standard InChI is InChI=1S/C11H14N2O3S/c12-11(14)7-8-1-5-10(6-2-8)17(15,16)13-9-3-4-9/h1-2,5-6,9,13H,3-4,7H2,(H2,12,14). The molecule has 5 nitrogen and oxygen atoms in total. The second-order valence-corrected chi connectivity index (χ2v) is 5.90. The summed E-state index contributed by atoms with van der Waals surface area (Å²) < 4.78 is 26.2. The smallest absolute Gasteiger partial charge is 0.240 e. The van der Waals surface area contributed by atoms with E-state index in [4.69, 9.17) is 5.73 Å². The topological polar surface area (TPSA) is 89.3 Å². The van der Waals surface area contributed by atoms with Crippen LogP contribution >= 0.6 is 0 Å². The van der Waals surface area contributed by atoms with Crippen molar-refractivity contribution in [3.05, 3.63) is 29.8 Å². The molecule has 2 rings (SSSR count). The van der Waals surface area contributed by atoms with Crippen molar-refractivity contribution in [3.63, 3.8) is 0 Å². The highest BCUT2D eigenvalue weighted by atomic mass is 32.2. The number of hydrogen-bond donors (Lipinski definition) is 2. The average molecular weight is 254 g/mol. The van der Waals surface area contributed by atoms with Gasteiger partial charge >= 0.3 is 0 Å². The van der Waals surface area contributed by atoms with Crippen molar-refractivity contribution < 1.29 is 13.2 Å². The number of rotatable bonds is 5. The third-order valence-corrected chi connectivity index (χ3v) is 4.05. The van der Waals surface area contributed by atoms with Gasteiger partial charge in [-0.05, 0) is 30.5 Å². The van der Waals surface area contributed by atoms with E-state index in [-0.39, 0.29) is 17.4 Å². The lowest BCUT2D eigenvalue weighted by molar-refractivity contribution is -0.117. The van der Waals surface area contributed by atoms with Gasteiger partial charge in [-0.2, -0.15) is 0 Å². The molecule has 1 aliphatic rings. The number of benzene rings is 1. The Morgan fingerprint density at radius 1 is 1.29 bits per heavy atom. The van der Waals surface area contributed by atoms with Crippen LogP contribution < -0.4 is 10.5 Å². The zero-order valence-corrected chi connectivity index (χ0v) is 10.0. The minimum Gasteiger partial charge on any atom is -0.369 e. The number of amides is 1. The van der Waals surface area contributed by atoms with Gasteiger partial charge in [0.05, 0.1) is 11.3 Å². The fourth-order valence-electron chi connectivity index (χ4n) is 1.48. The van der Waals surface area contributed by atoms with Crippen molar-refractivity contribution in [2.45, 2.75) is 30.2 Å². The summed E-state index contributed by atoms with van der Waals surface area (Å²) >= 11 is 0. The van der Waals surface area contributed by atoms with Gasteiger partial charge in [-0.15, -0.1) is 0 Å². The van der Waals surface area contributed by atoms with Gasteiger partial charge in [0.1, 0.15) is 0 Å². The Morgan fingerprint density at radius 2 is 1.88 bits per heavy atom. The van der Waals surface area contributed by atoms with E-state index in [0.717, 1.165) is 12.8 Å². The van der Waals surface area contributed by atoms with Gasteiger partial charge < -0.3 is 5.73 Å². The molecule has 1 aromatic rings. The molecule has 0 bridgehead atoms. The number of carbonyl (C=O) groups is 1. The minimum atomic E-state index is -3.41. The molecule has 92 valence electrons. The fourth-order valence-corrected chi connectivity index (χ4v) is 2.78. The second kappa shape index (κ2) is 4.46. The van der Waals surface area contributed by atoms with Crippen LogP contribution in [0.4, 0.5) is 0 Å². The number of hydrogen-bond acceptors (Lipinski definition) is 3. The first-order chi connectivity index (χ1) is 7.97. The zero-order chi connectivity index (χ0) is 12.5. The molecule has 0 spiro atoms. The highest BCUT2D eigenvalue weighted by Gasteiger charge is 2.27. The van der Waals surface area contributed by atoms with E-state index < -0.39 is 15.9 Å². The van der Waals surface area contributed by atoms with Gasteiger partial charge in [0.2, 0.25) is 15.9 Å². The van der Waals surface area contributed by atoms with E-state index >= 15 is 0 Å². The molecule has 17 heavy (non-hydrogen) atoms. The maximum absolute atomic E-state index is 11.8. The molecule has 0 aromatic heterocycles. The number of carbonyl (C=O) groups excluding carboxylic acids is 1. The van der Waals surface area contributed by atoms with Crippen molar-refractivity contribution in [2.24, 2.45) is 5.73 Å². The van der Waals surface area contributed by atoms with Crippen LogP contribution in [0.15, 0.2) is 29.2 Å². The molecule has 6 heteroatoms. The molecule has 1 saturated carbocycles. The monoisotopic (exact) mass is 254 g/mol. The molecule has 0 radical (unpaired) electrons. The van der Waals surface area contributed by atoms with Gasteiger partial charge in [0, 0.05) is 6.04 Å². The zero-order valence-electron chi connectivity index (χ0n) is 9.22. The van der Waals surface area contributed by atoms with Crippen LogP contribution in [0.3, 0.4) is 0 Å². The van der Waals surface area contributed by atoms with E-state index in [1.54, 1.807) is 12.1 Å². The van der Waals surface area contributed by atoms with Gasteiger partial charge in [-0.25, -0.2) is 13.1 Å². The quantitative estimate of drug-likeness (QED) is 0.784. The fraction of sp³-hybridized carbons (Fsp3) is 0.364. The molecule has 0 heterocycles. The molecule has 1 aliphatic carbocycles. The Hall–Kier alpha value is -1.40.